The summed E-state index contributed by atoms with van der Waals surface area (Å²) in [4.78, 5) is 44.5. The van der Waals surface area contributed by atoms with E-state index in [4.69, 9.17) is 11.6 Å². The number of rotatable bonds is 8. The molecule has 0 unspecified atom stereocenters. The first-order chi connectivity index (χ1) is 15.7. The summed E-state index contributed by atoms with van der Waals surface area (Å²) < 4.78 is 0. The minimum atomic E-state index is -0.851. The Hall–Kier alpha value is -3.21. The van der Waals surface area contributed by atoms with E-state index in [-0.39, 0.29) is 25.3 Å². The maximum Gasteiger partial charge on any atom is 0.322 e. The number of aliphatic hydroxyl groups is 1. The number of likely N-dealkylation sites (tertiary alicyclic amines) is 1. The van der Waals surface area contributed by atoms with Crippen molar-refractivity contribution in [2.45, 2.75) is 18.6 Å². The number of hydrogen-bond donors (Lipinski definition) is 4. The molecule has 11 heteroatoms. The van der Waals surface area contributed by atoms with Crippen LogP contribution in [0.2, 0.25) is 5.02 Å². The fraction of sp³-hybridized carbons (Fsp3) is 0.364. The van der Waals surface area contributed by atoms with E-state index in [1.807, 2.05) is 14.1 Å². The van der Waals surface area contributed by atoms with Crippen LogP contribution in [0.15, 0.2) is 42.6 Å². The van der Waals surface area contributed by atoms with Crippen molar-refractivity contribution in [2.24, 2.45) is 0 Å². The number of urea groups is 1. The lowest BCUT2D eigenvalue weighted by atomic mass is 10.2. The molecule has 2 atom stereocenters. The number of hydrogen-bond acceptors (Lipinski definition) is 7. The molecule has 3 rings (SSSR count). The lowest BCUT2D eigenvalue weighted by Crippen LogP contribution is -2.45. The normalized spacial score (nSPS) is 17.7. The van der Waals surface area contributed by atoms with E-state index in [1.165, 1.54) is 11.1 Å². The van der Waals surface area contributed by atoms with Crippen LogP contribution < -0.4 is 16.0 Å². The number of carbonyl (C=O) groups is 3. The maximum atomic E-state index is 12.8. The van der Waals surface area contributed by atoms with Crippen LogP contribution in [-0.2, 0) is 9.59 Å². The number of amides is 3. The van der Waals surface area contributed by atoms with Crippen molar-refractivity contribution < 1.29 is 19.5 Å². The number of aliphatic hydroxyl groups excluding tert-OH is 1. The molecule has 1 aliphatic rings. The van der Waals surface area contributed by atoms with E-state index in [1.54, 1.807) is 41.3 Å². The van der Waals surface area contributed by atoms with Crippen LogP contribution in [0.4, 0.5) is 22.0 Å². The molecule has 1 aliphatic heterocycles. The molecule has 0 spiro atoms. The SMILES string of the molecule is CN(C)CC(=O)CNc1ccc(NC(=O)[C@H]2C[C@@H](O)CN2C(=O)Nc2ccc(Cl)cc2)nc1. The Morgan fingerprint density at radius 1 is 1.12 bits per heavy atom. The van der Waals surface area contributed by atoms with Gasteiger partial charge < -0.3 is 30.9 Å². The highest BCUT2D eigenvalue weighted by atomic mass is 35.5. The monoisotopic (exact) mass is 474 g/mol. The first-order valence-corrected chi connectivity index (χ1v) is 10.8. The number of β-amino-alcohol motifs (C(OH)–C–C–N with tert-alkyl or cyclic N) is 1. The molecule has 176 valence electrons. The molecule has 3 amide bonds. The Morgan fingerprint density at radius 2 is 1.82 bits per heavy atom. The minimum absolute atomic E-state index is 0.0362. The van der Waals surface area contributed by atoms with Gasteiger partial charge in [-0.2, -0.15) is 0 Å². The molecule has 0 bridgehead atoms. The number of aromatic nitrogens is 1. The fourth-order valence-corrected chi connectivity index (χ4v) is 3.53. The van der Waals surface area contributed by atoms with Crippen molar-refractivity contribution in [1.82, 2.24) is 14.8 Å². The molecule has 1 aromatic heterocycles. The molecule has 4 N–H and O–H groups in total. The largest absolute Gasteiger partial charge is 0.391 e. The van der Waals surface area contributed by atoms with Gasteiger partial charge >= 0.3 is 6.03 Å². The van der Waals surface area contributed by atoms with Gasteiger partial charge in [-0.3, -0.25) is 9.59 Å². The topological polar surface area (TPSA) is 127 Å². The van der Waals surface area contributed by atoms with E-state index < -0.39 is 24.1 Å². The molecule has 0 saturated carbocycles. The summed E-state index contributed by atoms with van der Waals surface area (Å²) >= 11 is 5.86. The zero-order chi connectivity index (χ0) is 24.0. The van der Waals surface area contributed by atoms with Gasteiger partial charge in [0, 0.05) is 23.7 Å². The zero-order valence-electron chi connectivity index (χ0n) is 18.4. The average molecular weight is 475 g/mol. The third kappa shape index (κ3) is 7.14. The molecule has 1 saturated heterocycles. The summed E-state index contributed by atoms with van der Waals surface area (Å²) in [7, 11) is 3.64. The number of Topliss-reactive ketones (excluding diaryl/α,β-unsaturated/α-hetero) is 1. The van der Waals surface area contributed by atoms with Gasteiger partial charge in [-0.1, -0.05) is 11.6 Å². The van der Waals surface area contributed by atoms with E-state index in [0.29, 0.717) is 28.8 Å². The van der Waals surface area contributed by atoms with Gasteiger partial charge in [0.1, 0.15) is 11.9 Å². The zero-order valence-corrected chi connectivity index (χ0v) is 19.2. The van der Waals surface area contributed by atoms with Crippen molar-refractivity contribution in [1.29, 1.82) is 0 Å². The Labute approximate surface area is 196 Å². The predicted molar refractivity (Wildman–Crippen MR) is 127 cm³/mol. The molecular weight excluding hydrogens is 448 g/mol. The van der Waals surface area contributed by atoms with Gasteiger partial charge in [0.15, 0.2) is 5.78 Å². The van der Waals surface area contributed by atoms with Crippen molar-refractivity contribution in [2.75, 3.05) is 49.7 Å². The van der Waals surface area contributed by atoms with Gasteiger partial charge in [-0.15, -0.1) is 0 Å². The number of carbonyl (C=O) groups excluding carboxylic acids is 3. The Bertz CT molecular complexity index is 983. The third-order valence-corrected chi connectivity index (χ3v) is 5.19. The lowest BCUT2D eigenvalue weighted by Gasteiger charge is -2.24. The Morgan fingerprint density at radius 3 is 2.45 bits per heavy atom. The second-order valence-corrected chi connectivity index (χ2v) is 8.48. The molecule has 1 fully saturated rings. The molecular formula is C22H27ClN6O4. The summed E-state index contributed by atoms with van der Waals surface area (Å²) in [5.74, 6) is -0.120. The number of likely N-dealkylation sites (N-methyl/N-ethyl adjacent to an activating group) is 1. The van der Waals surface area contributed by atoms with Crippen LogP contribution in [0.5, 0.6) is 0 Å². The summed E-state index contributed by atoms with van der Waals surface area (Å²) in [6.45, 7) is 0.544. The van der Waals surface area contributed by atoms with Crippen molar-refractivity contribution in [3.8, 4) is 0 Å². The highest BCUT2D eigenvalue weighted by Crippen LogP contribution is 2.22. The number of anilines is 3. The van der Waals surface area contributed by atoms with Crippen molar-refractivity contribution >= 4 is 46.5 Å². The van der Waals surface area contributed by atoms with Gasteiger partial charge in [0.25, 0.3) is 0 Å². The van der Waals surface area contributed by atoms with Crippen LogP contribution in [0.3, 0.4) is 0 Å². The molecule has 0 aliphatic carbocycles. The minimum Gasteiger partial charge on any atom is -0.391 e. The molecule has 2 aromatic rings. The highest BCUT2D eigenvalue weighted by molar-refractivity contribution is 6.30. The molecule has 1 aromatic carbocycles. The maximum absolute atomic E-state index is 12.8. The van der Waals surface area contributed by atoms with Gasteiger partial charge in [-0.05, 0) is 50.5 Å². The first-order valence-electron chi connectivity index (χ1n) is 10.4. The Kier molecular flexibility index (Phi) is 8.21. The third-order valence-electron chi connectivity index (χ3n) is 4.94. The van der Waals surface area contributed by atoms with Crippen LogP contribution in [0.25, 0.3) is 0 Å². The fourth-order valence-electron chi connectivity index (χ4n) is 3.41. The number of pyridine rings is 1. The lowest BCUT2D eigenvalue weighted by molar-refractivity contribution is -0.119. The number of nitrogens with one attached hydrogen (secondary N) is 3. The van der Waals surface area contributed by atoms with E-state index in [0.717, 1.165) is 0 Å². The van der Waals surface area contributed by atoms with Gasteiger partial charge in [0.05, 0.1) is 31.1 Å². The molecule has 33 heavy (non-hydrogen) atoms. The summed E-state index contributed by atoms with van der Waals surface area (Å²) in [6.07, 6.45) is 0.816. The van der Waals surface area contributed by atoms with Gasteiger partial charge in [-0.25, -0.2) is 9.78 Å². The number of halogens is 1. The van der Waals surface area contributed by atoms with Crippen LogP contribution >= 0.6 is 11.6 Å². The second-order valence-electron chi connectivity index (χ2n) is 8.05. The van der Waals surface area contributed by atoms with Crippen LogP contribution in [0.1, 0.15) is 6.42 Å². The van der Waals surface area contributed by atoms with Gasteiger partial charge in [0.2, 0.25) is 5.91 Å². The highest BCUT2D eigenvalue weighted by Gasteiger charge is 2.39. The molecule has 0 radical (unpaired) electrons. The van der Waals surface area contributed by atoms with Crippen molar-refractivity contribution in [3.05, 3.63) is 47.6 Å². The molecule has 10 nitrogen and oxygen atoms in total. The summed E-state index contributed by atoms with van der Waals surface area (Å²) in [6, 6.07) is 8.52. The standard InChI is InChI=1S/C22H27ClN6O4/c1-28(2)12-18(31)11-24-16-7-8-20(25-10-16)27-21(32)19-9-17(30)13-29(19)22(33)26-15-5-3-14(23)4-6-15/h3-8,10,17,19,24,30H,9,11-13H2,1-2H3,(H,26,33)(H,25,27,32)/t17-,19-/m1/s1. The number of benzene rings is 1. The second kappa shape index (κ2) is 11.1. The van der Waals surface area contributed by atoms with E-state index in [2.05, 4.69) is 20.9 Å². The average Bonchev–Trinajstić information content (AvgIpc) is 3.16. The summed E-state index contributed by atoms with van der Waals surface area (Å²) in [5.41, 5.74) is 1.17. The summed E-state index contributed by atoms with van der Waals surface area (Å²) in [5, 5.41) is 19.0. The van der Waals surface area contributed by atoms with Crippen LogP contribution in [-0.4, -0.2) is 83.5 Å². The van der Waals surface area contributed by atoms with Crippen LogP contribution in [0, 0.1) is 0 Å². The predicted octanol–water partition coefficient (Wildman–Crippen LogP) is 1.88. The van der Waals surface area contributed by atoms with E-state index in [9.17, 15) is 19.5 Å². The quantitative estimate of drug-likeness (QED) is 0.460. The first kappa shape index (κ1) is 24.4. The Balaban J connectivity index is 1.57. The van der Waals surface area contributed by atoms with Crippen molar-refractivity contribution in [3.63, 3.8) is 0 Å². The number of ketones is 1. The smallest absolute Gasteiger partial charge is 0.322 e. The molecule has 2 heterocycles. The number of nitrogens with zero attached hydrogens (tertiary/aromatic N) is 3. The van der Waals surface area contributed by atoms with E-state index >= 15 is 0 Å².